The van der Waals surface area contributed by atoms with Crippen LogP contribution in [0.4, 0.5) is 0 Å². The minimum absolute atomic E-state index is 0.374. The summed E-state index contributed by atoms with van der Waals surface area (Å²) in [6.45, 7) is 0. The zero-order valence-electron chi connectivity index (χ0n) is 11.4. The molecule has 0 saturated carbocycles. The molecule has 0 aliphatic heterocycles. The van der Waals surface area contributed by atoms with Gasteiger partial charge in [-0.15, -0.1) is 0 Å². The maximum absolute atomic E-state index is 12.3. The molecule has 0 unspecified atom stereocenters. The van der Waals surface area contributed by atoms with E-state index in [9.17, 15) is 9.59 Å². The van der Waals surface area contributed by atoms with Crippen LogP contribution in [0, 0.1) is 0 Å². The fourth-order valence-electron chi connectivity index (χ4n) is 2.55. The van der Waals surface area contributed by atoms with Crippen LogP contribution in [0.3, 0.4) is 0 Å². The fraction of sp³-hybridized carbons (Fsp3) is 0. The minimum Gasteiger partial charge on any atom is -0.422 e. The molecule has 0 bridgehead atoms. The van der Waals surface area contributed by atoms with Gasteiger partial charge in [0.15, 0.2) is 0 Å². The summed E-state index contributed by atoms with van der Waals surface area (Å²) < 4.78 is 10.6. The van der Waals surface area contributed by atoms with Crippen LogP contribution < -0.4 is 11.3 Å². The van der Waals surface area contributed by atoms with Gasteiger partial charge in [0.1, 0.15) is 11.2 Å². The lowest BCUT2D eigenvalue weighted by molar-refractivity contribution is 0.556. The first kappa shape index (κ1) is 12.6. The monoisotopic (exact) mass is 290 g/mol. The zero-order chi connectivity index (χ0) is 15.1. The Bertz CT molecular complexity index is 1120. The summed E-state index contributed by atoms with van der Waals surface area (Å²) in [5, 5.41) is 1.57. The largest absolute Gasteiger partial charge is 0.422 e. The van der Waals surface area contributed by atoms with Crippen LogP contribution in [-0.4, -0.2) is 0 Å². The van der Waals surface area contributed by atoms with Crippen molar-refractivity contribution in [3.05, 3.63) is 81.5 Å². The summed E-state index contributed by atoms with van der Waals surface area (Å²) in [4.78, 5) is 23.8. The van der Waals surface area contributed by atoms with Crippen LogP contribution in [-0.2, 0) is 0 Å². The van der Waals surface area contributed by atoms with Gasteiger partial charge in [-0.05, 0) is 18.2 Å². The van der Waals surface area contributed by atoms with Gasteiger partial charge in [0.05, 0.1) is 5.56 Å². The average Bonchev–Trinajstić information content (AvgIpc) is 2.54. The van der Waals surface area contributed by atoms with Gasteiger partial charge in [-0.25, -0.2) is 9.59 Å². The van der Waals surface area contributed by atoms with Gasteiger partial charge in [0.25, 0.3) is 0 Å². The minimum atomic E-state index is -0.460. The Labute approximate surface area is 124 Å². The predicted molar refractivity (Wildman–Crippen MR) is 84.0 cm³/mol. The van der Waals surface area contributed by atoms with E-state index in [0.717, 1.165) is 10.8 Å². The van der Waals surface area contributed by atoms with Gasteiger partial charge in [0, 0.05) is 22.4 Å². The van der Waals surface area contributed by atoms with E-state index in [0.29, 0.717) is 22.3 Å². The number of rotatable bonds is 1. The highest BCUT2D eigenvalue weighted by Crippen LogP contribution is 2.27. The lowest BCUT2D eigenvalue weighted by Crippen LogP contribution is -2.04. The topological polar surface area (TPSA) is 60.4 Å². The third-order valence-corrected chi connectivity index (χ3v) is 3.58. The molecule has 0 fully saturated rings. The first-order valence-electron chi connectivity index (χ1n) is 6.78. The predicted octanol–water partition coefficient (Wildman–Crippen LogP) is 3.57. The second-order valence-corrected chi connectivity index (χ2v) is 4.96. The molecule has 4 aromatic rings. The van der Waals surface area contributed by atoms with Crippen LogP contribution in [0.1, 0.15) is 0 Å². The van der Waals surface area contributed by atoms with Crippen molar-refractivity contribution in [3.8, 4) is 11.1 Å². The number of hydrogen-bond donors (Lipinski definition) is 0. The molecule has 0 spiro atoms. The fourth-order valence-corrected chi connectivity index (χ4v) is 2.55. The summed E-state index contributed by atoms with van der Waals surface area (Å²) in [6, 6.07) is 17.4. The molecule has 0 aliphatic carbocycles. The van der Waals surface area contributed by atoms with Gasteiger partial charge >= 0.3 is 11.3 Å². The first-order chi connectivity index (χ1) is 10.7. The Balaban J connectivity index is 2.11. The van der Waals surface area contributed by atoms with Crippen molar-refractivity contribution in [1.82, 2.24) is 0 Å². The Morgan fingerprint density at radius 3 is 2.41 bits per heavy atom. The van der Waals surface area contributed by atoms with E-state index in [1.165, 1.54) is 6.07 Å². The summed E-state index contributed by atoms with van der Waals surface area (Å²) in [5.41, 5.74) is 0.923. The molecule has 0 radical (unpaired) electrons. The van der Waals surface area contributed by atoms with Crippen molar-refractivity contribution in [2.24, 2.45) is 0 Å². The van der Waals surface area contributed by atoms with E-state index in [4.69, 9.17) is 8.83 Å². The highest BCUT2D eigenvalue weighted by molar-refractivity contribution is 5.93. The van der Waals surface area contributed by atoms with Crippen LogP contribution in [0.5, 0.6) is 0 Å². The summed E-state index contributed by atoms with van der Waals surface area (Å²) in [5.74, 6) is 0. The zero-order valence-corrected chi connectivity index (χ0v) is 11.4. The molecule has 0 aliphatic rings. The van der Waals surface area contributed by atoms with E-state index in [1.807, 2.05) is 30.3 Å². The van der Waals surface area contributed by atoms with E-state index in [1.54, 1.807) is 24.3 Å². The average molecular weight is 290 g/mol. The van der Waals surface area contributed by atoms with Crippen LogP contribution in [0.2, 0.25) is 0 Å². The molecule has 4 nitrogen and oxygen atoms in total. The Morgan fingerprint density at radius 1 is 0.682 bits per heavy atom. The van der Waals surface area contributed by atoms with Crippen LogP contribution in [0.15, 0.2) is 79.1 Å². The van der Waals surface area contributed by atoms with Crippen molar-refractivity contribution in [3.63, 3.8) is 0 Å². The van der Waals surface area contributed by atoms with Gasteiger partial charge in [-0.1, -0.05) is 36.4 Å². The van der Waals surface area contributed by atoms with Crippen molar-refractivity contribution in [2.75, 3.05) is 0 Å². The van der Waals surface area contributed by atoms with E-state index < -0.39 is 11.3 Å². The Hall–Kier alpha value is -3.14. The molecule has 0 atom stereocenters. The second-order valence-electron chi connectivity index (χ2n) is 4.96. The van der Waals surface area contributed by atoms with Gasteiger partial charge in [-0.3, -0.25) is 0 Å². The summed E-state index contributed by atoms with van der Waals surface area (Å²) in [6.07, 6.45) is 0. The molecule has 4 rings (SSSR count). The van der Waals surface area contributed by atoms with Crippen molar-refractivity contribution >= 4 is 21.9 Å². The third-order valence-electron chi connectivity index (χ3n) is 3.58. The number of para-hydroxylation sites is 2. The van der Waals surface area contributed by atoms with Crippen molar-refractivity contribution < 1.29 is 8.83 Å². The molecule has 2 heterocycles. The molecule has 2 aromatic heterocycles. The molecule has 0 N–H and O–H groups in total. The molecule has 2 aromatic carbocycles. The highest BCUT2D eigenvalue weighted by atomic mass is 16.4. The molecule has 4 heteroatoms. The lowest BCUT2D eigenvalue weighted by Gasteiger charge is -2.05. The van der Waals surface area contributed by atoms with Gasteiger partial charge in [-0.2, -0.15) is 0 Å². The van der Waals surface area contributed by atoms with Crippen molar-refractivity contribution in [1.29, 1.82) is 0 Å². The lowest BCUT2D eigenvalue weighted by atomic mass is 10.0. The maximum Gasteiger partial charge on any atom is 0.344 e. The van der Waals surface area contributed by atoms with Crippen LogP contribution >= 0.6 is 0 Å². The molecule has 22 heavy (non-hydrogen) atoms. The third kappa shape index (κ3) is 1.93. The van der Waals surface area contributed by atoms with Crippen molar-refractivity contribution in [2.45, 2.75) is 0 Å². The van der Waals surface area contributed by atoms with Gasteiger partial charge < -0.3 is 8.83 Å². The summed E-state index contributed by atoms with van der Waals surface area (Å²) in [7, 11) is 0. The number of fused-ring (bicyclic) bond motifs is 2. The maximum atomic E-state index is 12.3. The molecule has 0 amide bonds. The SMILES string of the molecule is O=c1ccc2cccc(-c3cc4ccccc4oc3=O)c2o1. The normalized spacial score (nSPS) is 11.1. The molecule has 106 valence electrons. The molecular weight excluding hydrogens is 280 g/mol. The Kier molecular flexibility index (Phi) is 2.69. The first-order valence-corrected chi connectivity index (χ1v) is 6.78. The van der Waals surface area contributed by atoms with E-state index in [2.05, 4.69) is 0 Å². The van der Waals surface area contributed by atoms with Gasteiger partial charge in [0.2, 0.25) is 0 Å². The number of hydrogen-bond acceptors (Lipinski definition) is 4. The Morgan fingerprint density at radius 2 is 1.50 bits per heavy atom. The second kappa shape index (κ2) is 4.70. The number of benzene rings is 2. The standard InChI is InChI=1S/C18H10O4/c19-16-9-8-11-5-3-6-13(17(11)22-16)14-10-12-4-1-2-7-15(12)21-18(14)20/h1-10H. The highest BCUT2D eigenvalue weighted by Gasteiger charge is 2.12. The molecule has 0 saturated heterocycles. The molecular formula is C18H10O4. The van der Waals surface area contributed by atoms with E-state index >= 15 is 0 Å². The summed E-state index contributed by atoms with van der Waals surface area (Å²) >= 11 is 0. The smallest absolute Gasteiger partial charge is 0.344 e. The van der Waals surface area contributed by atoms with E-state index in [-0.39, 0.29) is 0 Å². The van der Waals surface area contributed by atoms with Crippen LogP contribution in [0.25, 0.3) is 33.1 Å². The quantitative estimate of drug-likeness (QED) is 0.503.